The van der Waals surface area contributed by atoms with Crippen LogP contribution < -0.4 is 10.1 Å². The molecule has 0 unspecified atom stereocenters. The van der Waals surface area contributed by atoms with Gasteiger partial charge >= 0.3 is 0 Å². The topological polar surface area (TPSA) is 112 Å². The number of nitrogens with one attached hydrogen (secondary N) is 1. The fourth-order valence-corrected chi connectivity index (χ4v) is 2.78. The predicted molar refractivity (Wildman–Crippen MR) is 114 cm³/mol. The number of hydrogen-bond donors (Lipinski definition) is 1. The van der Waals surface area contributed by atoms with Crippen LogP contribution in [0.1, 0.15) is 10.5 Å². The molecule has 2 aromatic carbocycles. The van der Waals surface area contributed by atoms with E-state index in [1.54, 1.807) is 60.8 Å². The molecule has 0 atom stereocenters. The van der Waals surface area contributed by atoms with Crippen molar-refractivity contribution in [3.63, 3.8) is 0 Å². The normalized spacial score (nSPS) is 10.5. The second kappa shape index (κ2) is 8.64. The van der Waals surface area contributed by atoms with Gasteiger partial charge in [-0.1, -0.05) is 11.6 Å². The summed E-state index contributed by atoms with van der Waals surface area (Å²) in [4.78, 5) is 26.9. The first kappa shape index (κ1) is 20.0. The second-order valence-electron chi connectivity index (χ2n) is 6.31. The number of anilines is 1. The Morgan fingerprint density at radius 2 is 1.77 bits per heavy atom. The van der Waals surface area contributed by atoms with Gasteiger partial charge in [0, 0.05) is 29.4 Å². The lowest BCUT2D eigenvalue weighted by Crippen LogP contribution is -2.13. The number of nitro benzene ring substituents is 1. The van der Waals surface area contributed by atoms with Crippen molar-refractivity contribution < 1.29 is 14.5 Å². The molecule has 1 N–H and O–H groups in total. The number of nitro groups is 1. The fourth-order valence-electron chi connectivity index (χ4n) is 2.65. The van der Waals surface area contributed by atoms with Crippen molar-refractivity contribution >= 4 is 28.9 Å². The maximum atomic E-state index is 12.5. The molecular weight excluding hydrogens is 422 g/mol. The number of ether oxygens (including phenoxy) is 1. The van der Waals surface area contributed by atoms with E-state index in [-0.39, 0.29) is 11.4 Å². The molecule has 4 aromatic rings. The molecule has 0 saturated heterocycles. The first-order chi connectivity index (χ1) is 15.0. The third kappa shape index (κ3) is 4.85. The highest BCUT2D eigenvalue weighted by Crippen LogP contribution is 2.22. The van der Waals surface area contributed by atoms with Crippen molar-refractivity contribution in [2.45, 2.75) is 0 Å². The Labute approximate surface area is 181 Å². The van der Waals surface area contributed by atoms with Gasteiger partial charge in [-0.05, 0) is 48.5 Å². The van der Waals surface area contributed by atoms with Crippen molar-refractivity contribution in [3.05, 3.63) is 100.0 Å². The van der Waals surface area contributed by atoms with Gasteiger partial charge in [-0.3, -0.25) is 14.9 Å². The Balaban J connectivity index is 1.40. The van der Waals surface area contributed by atoms with E-state index in [4.69, 9.17) is 16.3 Å². The molecule has 154 valence electrons. The molecule has 0 bridgehead atoms. The second-order valence-corrected chi connectivity index (χ2v) is 6.75. The summed E-state index contributed by atoms with van der Waals surface area (Å²) in [7, 11) is 0. The zero-order valence-corrected chi connectivity index (χ0v) is 16.6. The van der Waals surface area contributed by atoms with Crippen molar-refractivity contribution in [2.75, 3.05) is 5.32 Å². The molecular formula is C21H14ClN5O4. The largest absolute Gasteiger partial charge is 0.439 e. The Hall–Kier alpha value is -4.24. The van der Waals surface area contributed by atoms with Gasteiger partial charge in [0.05, 0.1) is 22.5 Å². The number of aromatic nitrogens is 3. The Morgan fingerprint density at radius 3 is 2.42 bits per heavy atom. The molecule has 0 radical (unpaired) electrons. The molecule has 10 heteroatoms. The number of nitrogens with zero attached hydrogens (tertiary/aromatic N) is 4. The third-order valence-electron chi connectivity index (χ3n) is 4.18. The summed E-state index contributed by atoms with van der Waals surface area (Å²) < 4.78 is 7.07. The van der Waals surface area contributed by atoms with Gasteiger partial charge in [0.25, 0.3) is 11.6 Å². The number of non-ortho nitro benzene ring substituents is 1. The Morgan fingerprint density at radius 1 is 1.03 bits per heavy atom. The summed E-state index contributed by atoms with van der Waals surface area (Å²) in [5.41, 5.74) is 1.22. The van der Waals surface area contributed by atoms with Gasteiger partial charge in [0.2, 0.25) is 5.88 Å². The lowest BCUT2D eigenvalue weighted by atomic mass is 10.3. The first-order valence-corrected chi connectivity index (χ1v) is 9.37. The molecule has 9 nitrogen and oxygen atoms in total. The zero-order valence-electron chi connectivity index (χ0n) is 15.8. The van der Waals surface area contributed by atoms with Gasteiger partial charge in [0.1, 0.15) is 5.75 Å². The van der Waals surface area contributed by atoms with E-state index >= 15 is 0 Å². The summed E-state index contributed by atoms with van der Waals surface area (Å²) >= 11 is 5.85. The van der Waals surface area contributed by atoms with Crippen LogP contribution in [0.25, 0.3) is 5.69 Å². The highest BCUT2D eigenvalue weighted by atomic mass is 35.5. The molecule has 31 heavy (non-hydrogen) atoms. The van der Waals surface area contributed by atoms with Crippen LogP contribution in [-0.4, -0.2) is 25.6 Å². The highest BCUT2D eigenvalue weighted by molar-refractivity contribution is 6.30. The summed E-state index contributed by atoms with van der Waals surface area (Å²) in [5, 5.41) is 18.3. The molecule has 0 spiro atoms. The molecule has 0 aliphatic heterocycles. The number of carbonyl (C=O) groups is 1. The van der Waals surface area contributed by atoms with Crippen LogP contribution in [0, 0.1) is 10.1 Å². The third-order valence-corrected chi connectivity index (χ3v) is 4.43. The van der Waals surface area contributed by atoms with Gasteiger partial charge in [-0.25, -0.2) is 9.67 Å². The number of amides is 1. The first-order valence-electron chi connectivity index (χ1n) is 8.99. The number of halogens is 1. The minimum atomic E-state index is -0.481. The molecule has 0 aliphatic rings. The number of carbonyl (C=O) groups excluding carboxylic acids is 1. The lowest BCUT2D eigenvalue weighted by molar-refractivity contribution is -0.384. The molecule has 0 saturated carbocycles. The smallest absolute Gasteiger partial charge is 0.276 e. The van der Waals surface area contributed by atoms with Gasteiger partial charge < -0.3 is 10.1 Å². The quantitative estimate of drug-likeness (QED) is 0.341. The standard InChI is InChI=1S/C21H14ClN5O4/c22-14-1-8-18(9-2-14)31-20-10-3-15(13-23-20)24-21(28)19-11-12-26(25-19)16-4-6-17(7-5-16)27(29)30/h1-13H,(H,24,28). The number of hydrogen-bond acceptors (Lipinski definition) is 6. The van der Waals surface area contributed by atoms with E-state index in [1.807, 2.05) is 0 Å². The summed E-state index contributed by atoms with van der Waals surface area (Å²) in [5.74, 6) is 0.530. The van der Waals surface area contributed by atoms with Crippen LogP contribution in [0.5, 0.6) is 11.6 Å². The van der Waals surface area contributed by atoms with E-state index in [9.17, 15) is 14.9 Å². The van der Waals surface area contributed by atoms with E-state index < -0.39 is 10.8 Å². The van der Waals surface area contributed by atoms with E-state index in [2.05, 4.69) is 15.4 Å². The van der Waals surface area contributed by atoms with Crippen LogP contribution in [0.3, 0.4) is 0 Å². The van der Waals surface area contributed by atoms with Crippen LogP contribution in [-0.2, 0) is 0 Å². The van der Waals surface area contributed by atoms with Crippen molar-refractivity contribution in [1.82, 2.24) is 14.8 Å². The van der Waals surface area contributed by atoms with Crippen LogP contribution in [0.2, 0.25) is 5.02 Å². The maximum absolute atomic E-state index is 12.5. The minimum absolute atomic E-state index is 0.0233. The van der Waals surface area contributed by atoms with Gasteiger partial charge in [-0.2, -0.15) is 5.10 Å². The molecule has 0 fully saturated rings. The number of pyridine rings is 1. The van der Waals surface area contributed by atoms with Crippen LogP contribution in [0.4, 0.5) is 11.4 Å². The molecule has 4 rings (SSSR count). The summed E-state index contributed by atoms with van der Waals surface area (Å²) in [6.07, 6.45) is 3.06. The van der Waals surface area contributed by atoms with Crippen molar-refractivity contribution in [2.24, 2.45) is 0 Å². The minimum Gasteiger partial charge on any atom is -0.439 e. The molecule has 1 amide bonds. The SMILES string of the molecule is O=C(Nc1ccc(Oc2ccc(Cl)cc2)nc1)c1ccn(-c2ccc([N+](=O)[O-])cc2)n1. The number of rotatable bonds is 6. The van der Waals surface area contributed by atoms with Crippen molar-refractivity contribution in [3.8, 4) is 17.3 Å². The molecule has 0 aliphatic carbocycles. The zero-order chi connectivity index (χ0) is 21.8. The maximum Gasteiger partial charge on any atom is 0.276 e. The molecule has 2 aromatic heterocycles. The van der Waals surface area contributed by atoms with E-state index in [0.29, 0.717) is 28.0 Å². The molecule has 2 heterocycles. The van der Waals surface area contributed by atoms with Crippen LogP contribution in [0.15, 0.2) is 79.1 Å². The number of benzene rings is 2. The predicted octanol–water partition coefficient (Wildman–Crippen LogP) is 4.87. The summed E-state index contributed by atoms with van der Waals surface area (Å²) in [6.45, 7) is 0. The Bertz CT molecular complexity index is 1220. The Kier molecular flexibility index (Phi) is 5.59. The van der Waals surface area contributed by atoms with Gasteiger partial charge in [0.15, 0.2) is 5.69 Å². The van der Waals surface area contributed by atoms with E-state index in [0.717, 1.165) is 0 Å². The van der Waals surface area contributed by atoms with Crippen molar-refractivity contribution in [1.29, 1.82) is 0 Å². The highest BCUT2D eigenvalue weighted by Gasteiger charge is 2.12. The average Bonchev–Trinajstić information content (AvgIpc) is 3.27. The van der Waals surface area contributed by atoms with Gasteiger partial charge in [-0.15, -0.1) is 0 Å². The lowest BCUT2D eigenvalue weighted by Gasteiger charge is -2.06. The fraction of sp³-hybridized carbons (Fsp3) is 0. The van der Waals surface area contributed by atoms with E-state index in [1.165, 1.54) is 23.0 Å². The monoisotopic (exact) mass is 435 g/mol. The average molecular weight is 436 g/mol. The van der Waals surface area contributed by atoms with Crippen LogP contribution >= 0.6 is 11.6 Å². The summed E-state index contributed by atoms with van der Waals surface area (Å²) in [6, 6.07) is 17.5.